The molecular formula is C24H36O. The van der Waals surface area contributed by atoms with Crippen LogP contribution in [0.3, 0.4) is 0 Å². The van der Waals surface area contributed by atoms with Crippen molar-refractivity contribution in [3.8, 4) is 0 Å². The highest BCUT2D eigenvalue weighted by Crippen LogP contribution is 2.38. The van der Waals surface area contributed by atoms with E-state index in [0.717, 1.165) is 24.4 Å². The number of ether oxygens (including phenoxy) is 1. The number of rotatable bonds is 7. The van der Waals surface area contributed by atoms with E-state index < -0.39 is 0 Å². The second kappa shape index (κ2) is 9.57. The molecule has 0 N–H and O–H groups in total. The van der Waals surface area contributed by atoms with Gasteiger partial charge < -0.3 is 4.74 Å². The molecule has 0 spiro atoms. The highest BCUT2D eigenvalue weighted by molar-refractivity contribution is 5.25. The zero-order chi connectivity index (χ0) is 17.5. The van der Waals surface area contributed by atoms with Crippen LogP contribution in [0.25, 0.3) is 0 Å². The second-order valence-corrected chi connectivity index (χ2v) is 8.34. The minimum Gasteiger partial charge on any atom is -0.374 e. The molecule has 1 saturated carbocycles. The molecule has 25 heavy (non-hydrogen) atoms. The molecule has 2 unspecified atom stereocenters. The van der Waals surface area contributed by atoms with Crippen LogP contribution in [0.2, 0.25) is 0 Å². The Kier molecular flexibility index (Phi) is 7.16. The lowest BCUT2D eigenvalue weighted by atomic mass is 9.76. The summed E-state index contributed by atoms with van der Waals surface area (Å²) in [6, 6.07) is 9.49. The van der Waals surface area contributed by atoms with Crippen molar-refractivity contribution in [1.82, 2.24) is 0 Å². The van der Waals surface area contributed by atoms with Crippen LogP contribution in [0, 0.1) is 11.8 Å². The van der Waals surface area contributed by atoms with Crippen molar-refractivity contribution in [2.45, 2.75) is 83.2 Å². The Bertz CT molecular complexity index is 501. The van der Waals surface area contributed by atoms with E-state index in [9.17, 15) is 0 Å². The molecule has 2 fully saturated rings. The molecular weight excluding hydrogens is 304 g/mol. The topological polar surface area (TPSA) is 9.23 Å². The molecule has 1 saturated heterocycles. The van der Waals surface area contributed by atoms with Gasteiger partial charge in [-0.15, -0.1) is 6.58 Å². The standard InChI is InChI=1S/C24H36O/c1-3-5-19-8-13-22(14-9-19)23-15-10-20(11-16-23)6-7-21-12-17-24(4-2)25-18-21/h4,8-9,13-14,20-21,23-24H,2-3,5-7,10-12,15-18H2,1H3. The van der Waals surface area contributed by atoms with Gasteiger partial charge in [-0.2, -0.15) is 0 Å². The first-order valence-electron chi connectivity index (χ1n) is 10.6. The van der Waals surface area contributed by atoms with Gasteiger partial charge in [-0.3, -0.25) is 0 Å². The monoisotopic (exact) mass is 340 g/mol. The maximum absolute atomic E-state index is 5.86. The molecule has 1 aromatic carbocycles. The molecule has 3 rings (SSSR count). The van der Waals surface area contributed by atoms with Crippen LogP contribution in [0.15, 0.2) is 36.9 Å². The Morgan fingerprint density at radius 1 is 0.960 bits per heavy atom. The molecule has 2 aliphatic rings. The van der Waals surface area contributed by atoms with E-state index in [1.54, 1.807) is 5.56 Å². The quantitative estimate of drug-likeness (QED) is 0.503. The van der Waals surface area contributed by atoms with Crippen LogP contribution in [-0.2, 0) is 11.2 Å². The van der Waals surface area contributed by atoms with Crippen molar-refractivity contribution in [1.29, 1.82) is 0 Å². The minimum atomic E-state index is 0.315. The lowest BCUT2D eigenvalue weighted by Crippen LogP contribution is -2.25. The molecule has 1 heteroatoms. The summed E-state index contributed by atoms with van der Waals surface area (Å²) in [4.78, 5) is 0. The predicted molar refractivity (Wildman–Crippen MR) is 107 cm³/mol. The van der Waals surface area contributed by atoms with E-state index in [1.165, 1.54) is 69.8 Å². The van der Waals surface area contributed by atoms with Crippen molar-refractivity contribution in [3.05, 3.63) is 48.0 Å². The predicted octanol–water partition coefficient (Wildman–Crippen LogP) is 6.67. The zero-order valence-corrected chi connectivity index (χ0v) is 16.1. The first-order valence-corrected chi connectivity index (χ1v) is 10.6. The van der Waals surface area contributed by atoms with Crippen LogP contribution >= 0.6 is 0 Å². The lowest BCUT2D eigenvalue weighted by molar-refractivity contribution is 0.00646. The molecule has 138 valence electrons. The van der Waals surface area contributed by atoms with Crippen LogP contribution in [0.4, 0.5) is 0 Å². The Morgan fingerprint density at radius 2 is 1.64 bits per heavy atom. The molecule has 0 aromatic heterocycles. The van der Waals surface area contributed by atoms with Gasteiger partial charge in [-0.05, 0) is 80.2 Å². The number of hydrogen-bond acceptors (Lipinski definition) is 1. The largest absolute Gasteiger partial charge is 0.374 e. The van der Waals surface area contributed by atoms with Crippen LogP contribution in [-0.4, -0.2) is 12.7 Å². The molecule has 1 heterocycles. The fraction of sp³-hybridized carbons (Fsp3) is 0.667. The minimum absolute atomic E-state index is 0.315. The van der Waals surface area contributed by atoms with Crippen molar-refractivity contribution >= 4 is 0 Å². The summed E-state index contributed by atoms with van der Waals surface area (Å²) in [6.45, 7) is 7.06. The summed E-state index contributed by atoms with van der Waals surface area (Å²) < 4.78 is 5.86. The van der Waals surface area contributed by atoms with Gasteiger partial charge in [-0.1, -0.05) is 50.1 Å². The second-order valence-electron chi connectivity index (χ2n) is 8.34. The number of aryl methyl sites for hydroxylation is 1. The molecule has 2 atom stereocenters. The smallest absolute Gasteiger partial charge is 0.0753 e. The molecule has 1 aliphatic heterocycles. The number of hydrogen-bond donors (Lipinski definition) is 0. The summed E-state index contributed by atoms with van der Waals surface area (Å²) in [6.07, 6.45) is 15.6. The highest BCUT2D eigenvalue weighted by atomic mass is 16.5. The van der Waals surface area contributed by atoms with Crippen molar-refractivity contribution < 1.29 is 4.74 Å². The summed E-state index contributed by atoms with van der Waals surface area (Å²) in [5.74, 6) is 2.55. The third kappa shape index (κ3) is 5.45. The first kappa shape index (κ1) is 18.7. The van der Waals surface area contributed by atoms with Gasteiger partial charge in [0.2, 0.25) is 0 Å². The Balaban J connectivity index is 1.38. The van der Waals surface area contributed by atoms with Gasteiger partial charge in [0.15, 0.2) is 0 Å². The van der Waals surface area contributed by atoms with E-state index >= 15 is 0 Å². The van der Waals surface area contributed by atoms with E-state index in [-0.39, 0.29) is 0 Å². The maximum Gasteiger partial charge on any atom is 0.0753 e. The van der Waals surface area contributed by atoms with E-state index in [1.807, 2.05) is 6.08 Å². The maximum atomic E-state index is 5.86. The molecule has 0 bridgehead atoms. The highest BCUT2D eigenvalue weighted by Gasteiger charge is 2.25. The van der Waals surface area contributed by atoms with Crippen LogP contribution in [0.5, 0.6) is 0 Å². The van der Waals surface area contributed by atoms with Crippen molar-refractivity contribution in [2.24, 2.45) is 11.8 Å². The van der Waals surface area contributed by atoms with Gasteiger partial charge in [0.25, 0.3) is 0 Å². The molecule has 0 radical (unpaired) electrons. The molecule has 1 aliphatic carbocycles. The van der Waals surface area contributed by atoms with Gasteiger partial charge >= 0.3 is 0 Å². The Labute approximate surface area is 154 Å². The fourth-order valence-electron chi connectivity index (χ4n) is 4.74. The SMILES string of the molecule is C=CC1CCC(CCC2CCC(c3ccc(CCC)cc3)CC2)CO1. The van der Waals surface area contributed by atoms with E-state index in [0.29, 0.717) is 6.10 Å². The van der Waals surface area contributed by atoms with Gasteiger partial charge in [0, 0.05) is 0 Å². The summed E-state index contributed by atoms with van der Waals surface area (Å²) in [7, 11) is 0. The van der Waals surface area contributed by atoms with E-state index in [2.05, 4.69) is 37.8 Å². The summed E-state index contributed by atoms with van der Waals surface area (Å²) in [5.41, 5.74) is 3.07. The normalized spacial score (nSPS) is 30.1. The van der Waals surface area contributed by atoms with Gasteiger partial charge in [0.1, 0.15) is 0 Å². The van der Waals surface area contributed by atoms with Crippen LogP contribution < -0.4 is 0 Å². The Hall–Kier alpha value is -1.08. The lowest BCUT2D eigenvalue weighted by Gasteiger charge is -2.31. The van der Waals surface area contributed by atoms with Crippen LogP contribution in [0.1, 0.15) is 81.8 Å². The fourth-order valence-corrected chi connectivity index (χ4v) is 4.74. The molecule has 1 aromatic rings. The first-order chi connectivity index (χ1) is 12.3. The summed E-state index contributed by atoms with van der Waals surface area (Å²) >= 11 is 0. The van der Waals surface area contributed by atoms with Crippen molar-refractivity contribution in [2.75, 3.05) is 6.61 Å². The number of benzene rings is 1. The van der Waals surface area contributed by atoms with Gasteiger partial charge in [0.05, 0.1) is 12.7 Å². The zero-order valence-electron chi connectivity index (χ0n) is 16.1. The average Bonchev–Trinajstić information content (AvgIpc) is 2.68. The molecule has 1 nitrogen and oxygen atoms in total. The van der Waals surface area contributed by atoms with E-state index in [4.69, 9.17) is 4.74 Å². The molecule has 0 amide bonds. The average molecular weight is 341 g/mol. The Morgan fingerprint density at radius 3 is 2.24 bits per heavy atom. The summed E-state index contributed by atoms with van der Waals surface area (Å²) in [5, 5.41) is 0. The third-order valence-electron chi connectivity index (χ3n) is 6.49. The van der Waals surface area contributed by atoms with Gasteiger partial charge in [-0.25, -0.2) is 0 Å². The third-order valence-corrected chi connectivity index (χ3v) is 6.49. The van der Waals surface area contributed by atoms with Crippen molar-refractivity contribution in [3.63, 3.8) is 0 Å².